The van der Waals surface area contributed by atoms with E-state index in [1.807, 2.05) is 0 Å². The van der Waals surface area contributed by atoms with Crippen molar-refractivity contribution >= 4 is 5.84 Å². The van der Waals surface area contributed by atoms with Gasteiger partial charge in [-0.2, -0.15) is 0 Å². The highest BCUT2D eigenvalue weighted by molar-refractivity contribution is 5.79. The fraction of sp³-hybridized carbons (Fsp3) is 0.900. The molecule has 2 saturated heterocycles. The maximum atomic E-state index is 7.40. The number of nitrogens with zero attached hydrogens (tertiary/aromatic N) is 1. The van der Waals surface area contributed by atoms with E-state index in [2.05, 4.69) is 4.90 Å². The molecule has 1 unspecified atom stereocenters. The number of nitrogens with one attached hydrogen (secondary N) is 1. The van der Waals surface area contributed by atoms with Crippen LogP contribution in [0.4, 0.5) is 0 Å². The summed E-state index contributed by atoms with van der Waals surface area (Å²) >= 11 is 0. The van der Waals surface area contributed by atoms with E-state index in [0.29, 0.717) is 17.8 Å². The molecule has 0 aromatic carbocycles. The first-order valence-corrected chi connectivity index (χ1v) is 5.43. The zero-order chi connectivity index (χ0) is 9.97. The minimum absolute atomic E-state index is 0.327. The molecule has 14 heavy (non-hydrogen) atoms. The molecule has 2 aliphatic heterocycles. The second-order valence-electron chi connectivity index (χ2n) is 4.28. The lowest BCUT2D eigenvalue weighted by Gasteiger charge is -2.34. The van der Waals surface area contributed by atoms with Crippen LogP contribution in [-0.4, -0.2) is 43.1 Å². The van der Waals surface area contributed by atoms with Crippen LogP contribution in [0.5, 0.6) is 0 Å². The first-order valence-electron chi connectivity index (χ1n) is 5.43. The van der Waals surface area contributed by atoms with E-state index in [1.54, 1.807) is 0 Å². The van der Waals surface area contributed by atoms with Crippen molar-refractivity contribution in [3.05, 3.63) is 0 Å². The Kier molecular flexibility index (Phi) is 3.03. The minimum Gasteiger partial charge on any atom is -0.387 e. The van der Waals surface area contributed by atoms with Crippen LogP contribution in [0.3, 0.4) is 0 Å². The number of ether oxygens (including phenoxy) is 1. The SMILES string of the molecule is N=C(N)C1CCN(C2CCOC2)CC1. The average Bonchev–Trinajstić information content (AvgIpc) is 2.71. The van der Waals surface area contributed by atoms with Crippen LogP contribution in [0.25, 0.3) is 0 Å². The summed E-state index contributed by atoms with van der Waals surface area (Å²) in [6.45, 7) is 3.97. The molecule has 2 aliphatic rings. The van der Waals surface area contributed by atoms with Crippen LogP contribution in [0.2, 0.25) is 0 Å². The molecule has 4 heteroatoms. The van der Waals surface area contributed by atoms with E-state index in [4.69, 9.17) is 15.9 Å². The van der Waals surface area contributed by atoms with Gasteiger partial charge in [-0.3, -0.25) is 10.3 Å². The molecule has 0 aliphatic carbocycles. The van der Waals surface area contributed by atoms with Gasteiger partial charge in [0.2, 0.25) is 0 Å². The van der Waals surface area contributed by atoms with Crippen molar-refractivity contribution in [3.63, 3.8) is 0 Å². The summed E-state index contributed by atoms with van der Waals surface area (Å²) in [5.74, 6) is 0.695. The van der Waals surface area contributed by atoms with Gasteiger partial charge in [0.25, 0.3) is 0 Å². The Hall–Kier alpha value is -0.610. The lowest BCUT2D eigenvalue weighted by Crippen LogP contribution is -2.44. The van der Waals surface area contributed by atoms with Gasteiger partial charge in [-0.1, -0.05) is 0 Å². The highest BCUT2D eigenvalue weighted by Gasteiger charge is 2.28. The molecule has 0 spiro atoms. The molecule has 0 saturated carbocycles. The van der Waals surface area contributed by atoms with Crippen LogP contribution in [0.15, 0.2) is 0 Å². The van der Waals surface area contributed by atoms with Crippen molar-refractivity contribution in [3.8, 4) is 0 Å². The molecule has 0 bridgehead atoms. The van der Waals surface area contributed by atoms with E-state index in [0.717, 1.165) is 39.1 Å². The van der Waals surface area contributed by atoms with Crippen molar-refractivity contribution in [1.29, 1.82) is 5.41 Å². The quantitative estimate of drug-likeness (QED) is 0.498. The van der Waals surface area contributed by atoms with Crippen LogP contribution in [0, 0.1) is 11.3 Å². The minimum atomic E-state index is 0.327. The smallest absolute Gasteiger partial charge is 0.0937 e. The Bertz CT molecular complexity index is 205. The van der Waals surface area contributed by atoms with Crippen LogP contribution in [-0.2, 0) is 4.74 Å². The lowest BCUT2D eigenvalue weighted by molar-refractivity contribution is 0.120. The van der Waals surface area contributed by atoms with E-state index >= 15 is 0 Å². The van der Waals surface area contributed by atoms with Gasteiger partial charge in [0.05, 0.1) is 12.4 Å². The molecule has 3 N–H and O–H groups in total. The summed E-state index contributed by atoms with van der Waals surface area (Å²) in [4.78, 5) is 2.49. The van der Waals surface area contributed by atoms with Gasteiger partial charge in [-0.15, -0.1) is 0 Å². The van der Waals surface area contributed by atoms with Crippen LogP contribution >= 0.6 is 0 Å². The number of amidine groups is 1. The fourth-order valence-corrected chi connectivity index (χ4v) is 2.39. The predicted molar refractivity (Wildman–Crippen MR) is 55.4 cm³/mol. The predicted octanol–water partition coefficient (Wildman–Crippen LogP) is 0.423. The molecule has 80 valence electrons. The zero-order valence-electron chi connectivity index (χ0n) is 8.54. The lowest BCUT2D eigenvalue weighted by atomic mass is 9.95. The first-order chi connectivity index (χ1) is 6.77. The number of hydrogen-bond acceptors (Lipinski definition) is 3. The Morgan fingerprint density at radius 1 is 1.29 bits per heavy atom. The largest absolute Gasteiger partial charge is 0.387 e. The van der Waals surface area contributed by atoms with E-state index in [9.17, 15) is 0 Å². The van der Waals surface area contributed by atoms with Crippen molar-refractivity contribution in [2.45, 2.75) is 25.3 Å². The van der Waals surface area contributed by atoms with Gasteiger partial charge >= 0.3 is 0 Å². The van der Waals surface area contributed by atoms with Gasteiger partial charge in [0.15, 0.2) is 0 Å². The van der Waals surface area contributed by atoms with E-state index in [-0.39, 0.29) is 0 Å². The summed E-state index contributed by atoms with van der Waals surface area (Å²) in [6, 6.07) is 0.628. The Balaban J connectivity index is 1.80. The van der Waals surface area contributed by atoms with Crippen LogP contribution in [0.1, 0.15) is 19.3 Å². The monoisotopic (exact) mass is 197 g/mol. The number of likely N-dealkylation sites (tertiary alicyclic amines) is 1. The number of nitrogens with two attached hydrogens (primary N) is 1. The summed E-state index contributed by atoms with van der Waals surface area (Å²) in [7, 11) is 0. The van der Waals surface area contributed by atoms with E-state index in [1.165, 1.54) is 6.42 Å². The maximum absolute atomic E-state index is 7.40. The third-order valence-electron chi connectivity index (χ3n) is 3.39. The van der Waals surface area contributed by atoms with Gasteiger partial charge in [0, 0.05) is 18.6 Å². The third-order valence-corrected chi connectivity index (χ3v) is 3.39. The fourth-order valence-electron chi connectivity index (χ4n) is 2.39. The summed E-state index contributed by atoms with van der Waals surface area (Å²) in [5, 5.41) is 7.40. The van der Waals surface area contributed by atoms with Gasteiger partial charge in [0.1, 0.15) is 0 Å². The molecule has 0 radical (unpaired) electrons. The second kappa shape index (κ2) is 4.28. The highest BCUT2D eigenvalue weighted by Crippen LogP contribution is 2.21. The van der Waals surface area contributed by atoms with Crippen molar-refractivity contribution in [2.24, 2.45) is 11.7 Å². The molecule has 2 rings (SSSR count). The topological polar surface area (TPSA) is 62.3 Å². The highest BCUT2D eigenvalue weighted by atomic mass is 16.5. The molecular formula is C10H19N3O. The maximum Gasteiger partial charge on any atom is 0.0937 e. The molecule has 4 nitrogen and oxygen atoms in total. The normalized spacial score (nSPS) is 30.7. The standard InChI is InChI=1S/C10H19N3O/c11-10(12)8-1-4-13(5-2-8)9-3-6-14-7-9/h8-9H,1-7H2,(H3,11,12). The second-order valence-corrected chi connectivity index (χ2v) is 4.28. The molecule has 0 aromatic heterocycles. The van der Waals surface area contributed by atoms with Crippen molar-refractivity contribution in [1.82, 2.24) is 4.90 Å². The summed E-state index contributed by atoms with van der Waals surface area (Å²) in [5.41, 5.74) is 5.51. The summed E-state index contributed by atoms with van der Waals surface area (Å²) < 4.78 is 5.38. The number of piperidine rings is 1. The van der Waals surface area contributed by atoms with E-state index < -0.39 is 0 Å². The molecule has 2 fully saturated rings. The molecule has 1 atom stereocenters. The first kappa shape index (κ1) is 9.93. The van der Waals surface area contributed by atoms with Gasteiger partial charge < -0.3 is 10.5 Å². The molecule has 0 aromatic rings. The van der Waals surface area contributed by atoms with Gasteiger partial charge in [-0.25, -0.2) is 0 Å². The molecular weight excluding hydrogens is 178 g/mol. The number of rotatable bonds is 2. The third kappa shape index (κ3) is 2.07. The Morgan fingerprint density at radius 2 is 2.00 bits per heavy atom. The molecule has 0 amide bonds. The van der Waals surface area contributed by atoms with Crippen molar-refractivity contribution in [2.75, 3.05) is 26.3 Å². The van der Waals surface area contributed by atoms with Crippen LogP contribution < -0.4 is 5.73 Å². The average molecular weight is 197 g/mol. The Morgan fingerprint density at radius 3 is 2.50 bits per heavy atom. The summed E-state index contributed by atoms with van der Waals surface area (Å²) in [6.07, 6.45) is 3.27. The Labute approximate surface area is 84.9 Å². The van der Waals surface area contributed by atoms with Crippen molar-refractivity contribution < 1.29 is 4.74 Å². The number of hydrogen-bond donors (Lipinski definition) is 2. The van der Waals surface area contributed by atoms with Gasteiger partial charge in [-0.05, 0) is 32.4 Å². The zero-order valence-corrected chi connectivity index (χ0v) is 8.54. The molecule has 2 heterocycles.